The van der Waals surface area contributed by atoms with Gasteiger partial charge < -0.3 is 10.1 Å². The first kappa shape index (κ1) is 17.5. The fourth-order valence-electron chi connectivity index (χ4n) is 2.27. The second kappa shape index (κ2) is 7.68. The van der Waals surface area contributed by atoms with Crippen molar-refractivity contribution >= 4 is 38.5 Å². The molecule has 7 heteroatoms. The van der Waals surface area contributed by atoms with Crippen LogP contribution in [0.1, 0.15) is 15.9 Å². The smallest absolute Gasteiger partial charge is 0.321 e. The number of aromatic nitrogens is 1. The molecule has 0 saturated heterocycles. The first-order chi connectivity index (χ1) is 12.6. The van der Waals surface area contributed by atoms with Crippen molar-refractivity contribution in [3.05, 3.63) is 53.6 Å². The summed E-state index contributed by atoms with van der Waals surface area (Å²) in [6, 6.07) is 12.1. The number of carbonyl (C=O) groups excluding carboxylic acids is 2. The monoisotopic (exact) mass is 365 g/mol. The predicted octanol–water partition coefficient (Wildman–Crippen LogP) is 3.44. The van der Waals surface area contributed by atoms with E-state index in [0.29, 0.717) is 22.8 Å². The van der Waals surface area contributed by atoms with E-state index in [1.807, 2.05) is 24.3 Å². The predicted molar refractivity (Wildman–Crippen MR) is 102 cm³/mol. The molecular formula is C19H15N3O3S. The Labute approximate surface area is 154 Å². The SMILES string of the molecule is C#CC(=O)c1ccc2nc(NC(=O)NCc3ccc(OC)cc3)sc2c1. The maximum atomic E-state index is 12.0. The molecule has 0 fully saturated rings. The molecule has 0 unspecified atom stereocenters. The summed E-state index contributed by atoms with van der Waals surface area (Å²) in [7, 11) is 1.60. The molecule has 0 radical (unpaired) electrons. The quantitative estimate of drug-likeness (QED) is 0.412. The van der Waals surface area contributed by atoms with Crippen LogP contribution in [0.5, 0.6) is 5.75 Å². The highest BCUT2D eigenvalue weighted by molar-refractivity contribution is 7.22. The van der Waals surface area contributed by atoms with Crippen LogP contribution in [0.4, 0.5) is 9.93 Å². The van der Waals surface area contributed by atoms with Crippen LogP contribution in [-0.2, 0) is 6.54 Å². The summed E-state index contributed by atoms with van der Waals surface area (Å²) in [6.07, 6.45) is 5.13. The zero-order valence-corrected chi connectivity index (χ0v) is 14.7. The standard InChI is InChI=1S/C19H15N3O3S/c1-3-16(23)13-6-9-15-17(10-13)26-19(21-15)22-18(24)20-11-12-4-7-14(25-2)8-5-12/h1,4-10H,11H2,2H3,(H2,20,21,22,24). The van der Waals surface area contributed by atoms with Crippen molar-refractivity contribution in [2.24, 2.45) is 0 Å². The van der Waals surface area contributed by atoms with E-state index in [1.165, 1.54) is 11.3 Å². The van der Waals surface area contributed by atoms with E-state index in [1.54, 1.807) is 25.3 Å². The zero-order valence-electron chi connectivity index (χ0n) is 13.9. The number of fused-ring (bicyclic) bond motifs is 1. The average Bonchev–Trinajstić information content (AvgIpc) is 3.07. The van der Waals surface area contributed by atoms with Gasteiger partial charge >= 0.3 is 6.03 Å². The molecule has 6 nitrogen and oxygen atoms in total. The summed E-state index contributed by atoms with van der Waals surface area (Å²) in [6.45, 7) is 0.377. The molecule has 0 aliphatic heterocycles. The zero-order chi connectivity index (χ0) is 18.5. The summed E-state index contributed by atoms with van der Waals surface area (Å²) in [5, 5.41) is 5.90. The Bertz CT molecular complexity index is 1000. The maximum absolute atomic E-state index is 12.0. The first-order valence-corrected chi connectivity index (χ1v) is 8.50. The summed E-state index contributed by atoms with van der Waals surface area (Å²) in [4.78, 5) is 27.9. The Hall–Kier alpha value is -3.37. The minimum absolute atomic E-state index is 0.361. The summed E-state index contributed by atoms with van der Waals surface area (Å²) in [5.41, 5.74) is 2.07. The van der Waals surface area contributed by atoms with Gasteiger partial charge in [0, 0.05) is 12.1 Å². The highest BCUT2D eigenvalue weighted by Gasteiger charge is 2.10. The summed E-state index contributed by atoms with van der Waals surface area (Å²) >= 11 is 1.27. The Morgan fingerprint density at radius 3 is 2.69 bits per heavy atom. The van der Waals surface area contributed by atoms with E-state index in [-0.39, 0.29) is 11.8 Å². The van der Waals surface area contributed by atoms with Gasteiger partial charge in [-0.3, -0.25) is 10.1 Å². The number of hydrogen-bond acceptors (Lipinski definition) is 5. The fourth-order valence-corrected chi connectivity index (χ4v) is 3.17. The number of benzene rings is 2. The average molecular weight is 365 g/mol. The molecule has 26 heavy (non-hydrogen) atoms. The van der Waals surface area contributed by atoms with Gasteiger partial charge in [0.1, 0.15) is 5.75 Å². The number of urea groups is 1. The highest BCUT2D eigenvalue weighted by atomic mass is 32.1. The van der Waals surface area contributed by atoms with Crippen LogP contribution in [-0.4, -0.2) is 23.9 Å². The Balaban J connectivity index is 1.63. The molecule has 0 spiro atoms. The van der Waals surface area contributed by atoms with Crippen LogP contribution in [0.2, 0.25) is 0 Å². The van der Waals surface area contributed by atoms with Crippen LogP contribution in [0, 0.1) is 12.3 Å². The van der Waals surface area contributed by atoms with E-state index in [2.05, 4.69) is 21.5 Å². The number of ketones is 1. The number of hydrogen-bond donors (Lipinski definition) is 2. The third-order valence-electron chi connectivity index (χ3n) is 3.61. The lowest BCUT2D eigenvalue weighted by molar-refractivity contribution is 0.105. The third kappa shape index (κ3) is 3.99. The van der Waals surface area contributed by atoms with E-state index in [9.17, 15) is 9.59 Å². The Morgan fingerprint density at radius 1 is 1.23 bits per heavy atom. The molecule has 0 aliphatic carbocycles. The number of carbonyl (C=O) groups is 2. The molecule has 3 rings (SSSR count). The van der Waals surface area contributed by atoms with Crippen molar-refractivity contribution in [3.8, 4) is 18.1 Å². The summed E-state index contributed by atoms with van der Waals surface area (Å²) < 4.78 is 5.87. The molecular weight excluding hydrogens is 350 g/mol. The molecule has 2 amide bonds. The highest BCUT2D eigenvalue weighted by Crippen LogP contribution is 2.27. The van der Waals surface area contributed by atoms with E-state index < -0.39 is 0 Å². The molecule has 130 valence electrons. The number of nitrogens with zero attached hydrogens (tertiary/aromatic N) is 1. The molecule has 2 aromatic carbocycles. The lowest BCUT2D eigenvalue weighted by atomic mass is 10.1. The van der Waals surface area contributed by atoms with Gasteiger partial charge in [0.2, 0.25) is 5.78 Å². The van der Waals surface area contributed by atoms with Gasteiger partial charge in [-0.2, -0.15) is 0 Å². The molecule has 2 N–H and O–H groups in total. The number of amides is 2. The fraction of sp³-hybridized carbons (Fsp3) is 0.105. The normalized spacial score (nSPS) is 10.2. The number of Topliss-reactive ketones (excluding diaryl/α,β-unsaturated/α-hetero) is 1. The van der Waals surface area contributed by atoms with Crippen molar-refractivity contribution in [1.29, 1.82) is 0 Å². The topological polar surface area (TPSA) is 80.3 Å². The number of nitrogens with one attached hydrogen (secondary N) is 2. The molecule has 0 bridgehead atoms. The van der Waals surface area contributed by atoms with Crippen molar-refractivity contribution in [2.45, 2.75) is 6.54 Å². The van der Waals surface area contributed by atoms with Gasteiger partial charge in [0.25, 0.3) is 0 Å². The van der Waals surface area contributed by atoms with Gasteiger partial charge in [0.05, 0.1) is 17.3 Å². The minimum Gasteiger partial charge on any atom is -0.497 e. The van der Waals surface area contributed by atoms with Crippen LogP contribution >= 0.6 is 11.3 Å². The second-order valence-corrected chi connectivity index (χ2v) is 6.36. The largest absolute Gasteiger partial charge is 0.497 e. The lowest BCUT2D eigenvalue weighted by Gasteiger charge is -2.06. The molecule has 0 atom stereocenters. The van der Waals surface area contributed by atoms with Crippen LogP contribution in [0.3, 0.4) is 0 Å². The second-order valence-electron chi connectivity index (χ2n) is 5.33. The number of methoxy groups -OCH3 is 1. The Kier molecular flexibility index (Phi) is 5.15. The Morgan fingerprint density at radius 2 is 2.00 bits per heavy atom. The van der Waals surface area contributed by atoms with Crippen LogP contribution < -0.4 is 15.4 Å². The van der Waals surface area contributed by atoms with Gasteiger partial charge in [-0.05, 0) is 41.8 Å². The molecule has 0 aliphatic rings. The number of anilines is 1. The van der Waals surface area contributed by atoms with Gasteiger partial charge in [-0.1, -0.05) is 23.5 Å². The number of rotatable bonds is 5. The maximum Gasteiger partial charge on any atom is 0.321 e. The van der Waals surface area contributed by atoms with E-state index in [0.717, 1.165) is 16.0 Å². The molecule has 1 heterocycles. The first-order valence-electron chi connectivity index (χ1n) is 7.68. The molecule has 0 saturated carbocycles. The van der Waals surface area contributed by atoms with Gasteiger partial charge in [-0.15, -0.1) is 6.42 Å². The van der Waals surface area contributed by atoms with Crippen molar-refractivity contribution in [2.75, 3.05) is 12.4 Å². The van der Waals surface area contributed by atoms with Crippen molar-refractivity contribution < 1.29 is 14.3 Å². The molecule has 1 aromatic heterocycles. The minimum atomic E-state index is -0.382. The number of thiazole rings is 1. The van der Waals surface area contributed by atoms with Crippen molar-refractivity contribution in [1.82, 2.24) is 10.3 Å². The lowest BCUT2D eigenvalue weighted by Crippen LogP contribution is -2.28. The van der Waals surface area contributed by atoms with Gasteiger partial charge in [-0.25, -0.2) is 9.78 Å². The van der Waals surface area contributed by atoms with Crippen LogP contribution in [0.25, 0.3) is 10.2 Å². The summed E-state index contributed by atoms with van der Waals surface area (Å²) in [5.74, 6) is 2.46. The number of terminal acetylenes is 1. The van der Waals surface area contributed by atoms with E-state index >= 15 is 0 Å². The molecule has 3 aromatic rings. The van der Waals surface area contributed by atoms with E-state index in [4.69, 9.17) is 11.2 Å². The third-order valence-corrected chi connectivity index (χ3v) is 4.55. The van der Waals surface area contributed by atoms with Gasteiger partial charge in [0.15, 0.2) is 5.13 Å². The van der Waals surface area contributed by atoms with Crippen LogP contribution in [0.15, 0.2) is 42.5 Å². The van der Waals surface area contributed by atoms with Crippen molar-refractivity contribution in [3.63, 3.8) is 0 Å². The number of ether oxygens (including phenoxy) is 1.